The smallest absolute Gasteiger partial charge is 0.183 e. The average Bonchev–Trinajstić information content (AvgIpc) is 2.09. The summed E-state index contributed by atoms with van der Waals surface area (Å²) >= 11 is 1.39. The van der Waals surface area contributed by atoms with Crippen molar-refractivity contribution in [2.75, 3.05) is 12.9 Å². The van der Waals surface area contributed by atoms with Crippen molar-refractivity contribution in [2.24, 2.45) is 4.99 Å². The molecule has 5 heteroatoms. The Morgan fingerprint density at radius 3 is 2.77 bits per heavy atom. The van der Waals surface area contributed by atoms with Gasteiger partial charge in [0.2, 0.25) is 0 Å². The maximum absolute atomic E-state index is 9.12. The van der Waals surface area contributed by atoms with Gasteiger partial charge in [-0.3, -0.25) is 10.3 Å². The van der Waals surface area contributed by atoms with Crippen LogP contribution in [0.3, 0.4) is 0 Å². The first-order valence-electron chi connectivity index (χ1n) is 4.16. The fourth-order valence-electron chi connectivity index (χ4n) is 1.28. The topological polar surface area (TPSA) is 68.4 Å². The molecule has 0 aromatic carbocycles. The van der Waals surface area contributed by atoms with Crippen LogP contribution in [0.25, 0.3) is 0 Å². The Bertz CT molecular complexity index is 237. The Balaban J connectivity index is 2.64. The average molecular weight is 199 g/mol. The Hall–Kier alpha value is -0.730. The molecule has 1 aliphatic rings. The van der Waals surface area contributed by atoms with E-state index in [4.69, 9.17) is 10.4 Å². The van der Waals surface area contributed by atoms with Crippen LogP contribution in [0.1, 0.15) is 19.3 Å². The highest BCUT2D eigenvalue weighted by Gasteiger charge is 2.36. The lowest BCUT2D eigenvalue weighted by molar-refractivity contribution is 0.128. The third-order valence-electron chi connectivity index (χ3n) is 2.27. The second kappa shape index (κ2) is 4.49. The van der Waals surface area contributed by atoms with E-state index in [9.17, 15) is 0 Å². The van der Waals surface area contributed by atoms with Crippen LogP contribution in [0.5, 0.6) is 0 Å². The molecule has 0 saturated heterocycles. The molecule has 0 heterocycles. The van der Waals surface area contributed by atoms with Gasteiger partial charge in [-0.2, -0.15) is 5.26 Å². The molecule has 1 saturated carbocycles. The molecule has 0 unspecified atom stereocenters. The summed E-state index contributed by atoms with van der Waals surface area (Å²) in [6.45, 7) is 0.0736. The van der Waals surface area contributed by atoms with Gasteiger partial charge in [-0.15, -0.1) is 0 Å². The van der Waals surface area contributed by atoms with E-state index in [-0.39, 0.29) is 12.1 Å². The molecule has 1 rings (SSSR count). The van der Waals surface area contributed by atoms with Crippen LogP contribution in [0.15, 0.2) is 4.99 Å². The summed E-state index contributed by atoms with van der Waals surface area (Å²) < 4.78 is 0. The predicted octanol–water partition coefficient (Wildman–Crippen LogP) is 0.691. The number of rotatable bonds is 2. The van der Waals surface area contributed by atoms with Gasteiger partial charge in [0.15, 0.2) is 11.4 Å². The largest absolute Gasteiger partial charge is 0.394 e. The molecule has 0 aromatic heterocycles. The van der Waals surface area contributed by atoms with Crippen LogP contribution in [0.2, 0.25) is 0 Å². The van der Waals surface area contributed by atoms with E-state index in [0.29, 0.717) is 5.17 Å². The standard InChI is InChI=1S/C8H13N3OS/c1-13-7(10-6-9)11-8(5-12)3-2-4-8/h12H,2-5H2,1H3,(H,10,11). The third kappa shape index (κ3) is 2.36. The Kier molecular flexibility index (Phi) is 3.58. The minimum Gasteiger partial charge on any atom is -0.394 e. The number of aliphatic imine (C=N–C) groups is 1. The zero-order valence-corrected chi connectivity index (χ0v) is 8.39. The van der Waals surface area contributed by atoms with Gasteiger partial charge in [-0.1, -0.05) is 11.8 Å². The predicted molar refractivity (Wildman–Crippen MR) is 53.4 cm³/mol. The van der Waals surface area contributed by atoms with Crippen LogP contribution in [-0.2, 0) is 0 Å². The van der Waals surface area contributed by atoms with Crippen molar-refractivity contribution in [1.82, 2.24) is 5.32 Å². The second-order valence-corrected chi connectivity index (χ2v) is 3.89. The molecule has 0 amide bonds. The van der Waals surface area contributed by atoms with Gasteiger partial charge in [-0.25, -0.2) is 0 Å². The van der Waals surface area contributed by atoms with Crippen LogP contribution in [-0.4, -0.2) is 28.7 Å². The van der Waals surface area contributed by atoms with Gasteiger partial charge in [0.1, 0.15) is 0 Å². The number of aliphatic hydroxyl groups is 1. The van der Waals surface area contributed by atoms with Gasteiger partial charge >= 0.3 is 0 Å². The summed E-state index contributed by atoms with van der Waals surface area (Å²) in [5, 5.41) is 20.6. The van der Waals surface area contributed by atoms with Crippen molar-refractivity contribution in [3.05, 3.63) is 0 Å². The molecule has 72 valence electrons. The monoisotopic (exact) mass is 199 g/mol. The second-order valence-electron chi connectivity index (χ2n) is 3.09. The molecule has 0 aromatic rings. The van der Waals surface area contributed by atoms with E-state index < -0.39 is 0 Å². The van der Waals surface area contributed by atoms with Crippen molar-refractivity contribution in [3.63, 3.8) is 0 Å². The molecule has 1 fully saturated rings. The quantitative estimate of drug-likeness (QED) is 0.297. The van der Waals surface area contributed by atoms with Crippen LogP contribution in [0.4, 0.5) is 0 Å². The van der Waals surface area contributed by atoms with E-state index >= 15 is 0 Å². The maximum atomic E-state index is 9.12. The molecule has 0 bridgehead atoms. The molecule has 0 radical (unpaired) electrons. The van der Waals surface area contributed by atoms with Crippen LogP contribution < -0.4 is 5.32 Å². The van der Waals surface area contributed by atoms with Crippen molar-refractivity contribution in [3.8, 4) is 6.19 Å². The maximum Gasteiger partial charge on any atom is 0.183 e. The highest BCUT2D eigenvalue weighted by Crippen LogP contribution is 2.35. The fourth-order valence-corrected chi connectivity index (χ4v) is 1.71. The van der Waals surface area contributed by atoms with E-state index in [1.54, 1.807) is 0 Å². The van der Waals surface area contributed by atoms with E-state index in [2.05, 4.69) is 10.3 Å². The summed E-state index contributed by atoms with van der Waals surface area (Å²) in [5.41, 5.74) is -0.303. The zero-order chi connectivity index (χ0) is 9.73. The Morgan fingerprint density at radius 2 is 2.46 bits per heavy atom. The molecule has 0 aliphatic heterocycles. The van der Waals surface area contributed by atoms with Gasteiger partial charge in [0.05, 0.1) is 12.1 Å². The first-order valence-corrected chi connectivity index (χ1v) is 5.38. The number of amidine groups is 1. The van der Waals surface area contributed by atoms with Crippen molar-refractivity contribution in [1.29, 1.82) is 5.26 Å². The summed E-state index contributed by atoms with van der Waals surface area (Å²) in [6, 6.07) is 0. The minimum atomic E-state index is -0.303. The number of nitrogens with one attached hydrogen (secondary N) is 1. The number of hydrogen-bond donors (Lipinski definition) is 2. The highest BCUT2D eigenvalue weighted by atomic mass is 32.2. The summed E-state index contributed by atoms with van der Waals surface area (Å²) in [5.74, 6) is 0. The highest BCUT2D eigenvalue weighted by molar-refractivity contribution is 8.13. The summed E-state index contributed by atoms with van der Waals surface area (Å²) in [6.07, 6.45) is 6.63. The lowest BCUT2D eigenvalue weighted by atomic mass is 9.78. The minimum absolute atomic E-state index is 0.0736. The number of hydrogen-bond acceptors (Lipinski definition) is 4. The molecule has 13 heavy (non-hydrogen) atoms. The SMILES string of the molecule is CSC(=NC1(CO)CCC1)NC#N. The first-order chi connectivity index (χ1) is 6.26. The van der Waals surface area contributed by atoms with Crippen molar-refractivity contribution in [2.45, 2.75) is 24.8 Å². The van der Waals surface area contributed by atoms with Gasteiger partial charge in [0.25, 0.3) is 0 Å². The lowest BCUT2D eigenvalue weighted by Crippen LogP contribution is -2.40. The van der Waals surface area contributed by atoms with E-state index in [1.165, 1.54) is 11.8 Å². The number of nitriles is 1. The van der Waals surface area contributed by atoms with Crippen LogP contribution in [0, 0.1) is 11.5 Å². The molecular weight excluding hydrogens is 186 g/mol. The summed E-state index contributed by atoms with van der Waals surface area (Å²) in [7, 11) is 0. The van der Waals surface area contributed by atoms with Crippen LogP contribution >= 0.6 is 11.8 Å². The Labute approximate surface area is 82.0 Å². The van der Waals surface area contributed by atoms with E-state index in [0.717, 1.165) is 19.3 Å². The van der Waals surface area contributed by atoms with Gasteiger partial charge < -0.3 is 5.11 Å². The number of aliphatic hydroxyl groups excluding tert-OH is 1. The van der Waals surface area contributed by atoms with Crippen molar-refractivity contribution >= 4 is 16.9 Å². The van der Waals surface area contributed by atoms with Crippen molar-refractivity contribution < 1.29 is 5.11 Å². The number of thioether (sulfide) groups is 1. The number of nitrogens with zero attached hydrogens (tertiary/aromatic N) is 2. The molecule has 2 N–H and O–H groups in total. The Morgan fingerprint density at radius 1 is 1.77 bits per heavy atom. The first kappa shape index (κ1) is 10.4. The molecule has 1 aliphatic carbocycles. The molecule has 0 spiro atoms. The molecule has 0 atom stereocenters. The summed E-state index contributed by atoms with van der Waals surface area (Å²) in [4.78, 5) is 4.34. The lowest BCUT2D eigenvalue weighted by Gasteiger charge is -2.36. The van der Waals surface area contributed by atoms with Gasteiger partial charge in [-0.05, 0) is 25.5 Å². The normalized spacial score (nSPS) is 20.2. The fraction of sp³-hybridized carbons (Fsp3) is 0.750. The third-order valence-corrected chi connectivity index (χ3v) is 2.85. The van der Waals surface area contributed by atoms with E-state index in [1.807, 2.05) is 12.4 Å². The molecular formula is C8H13N3OS. The molecule has 4 nitrogen and oxygen atoms in total. The zero-order valence-electron chi connectivity index (χ0n) is 7.58. The van der Waals surface area contributed by atoms with Gasteiger partial charge in [0, 0.05) is 0 Å².